The number of carboxylic acids is 1. The topological polar surface area (TPSA) is 100 Å². The number of anilines is 1. The number of aromatic nitrogens is 1. The second-order valence-electron chi connectivity index (χ2n) is 5.60. The highest BCUT2D eigenvalue weighted by Crippen LogP contribution is 2.32. The molecule has 0 aliphatic rings. The number of nitriles is 1. The summed E-state index contributed by atoms with van der Waals surface area (Å²) in [6.45, 7) is 3.81. The summed E-state index contributed by atoms with van der Waals surface area (Å²) in [7, 11) is 0. The number of hydrogen-bond donors (Lipinski definition) is 2. The van der Waals surface area contributed by atoms with Crippen molar-refractivity contribution in [3.8, 4) is 28.5 Å². The summed E-state index contributed by atoms with van der Waals surface area (Å²) in [5, 5.41) is 18.5. The lowest BCUT2D eigenvalue weighted by Gasteiger charge is -2.12. The third-order valence-corrected chi connectivity index (χ3v) is 4.06. The van der Waals surface area contributed by atoms with Gasteiger partial charge in [-0.05, 0) is 29.3 Å². The van der Waals surface area contributed by atoms with Crippen molar-refractivity contribution >= 4 is 17.9 Å². The van der Waals surface area contributed by atoms with E-state index >= 15 is 0 Å². The minimum atomic E-state index is -1.01. The third kappa shape index (κ3) is 3.04. The normalized spacial score (nSPS) is 10.1. The van der Waals surface area contributed by atoms with Crippen LogP contribution in [0.3, 0.4) is 0 Å². The van der Waals surface area contributed by atoms with Gasteiger partial charge in [-0.25, -0.2) is 9.78 Å². The first-order valence-corrected chi connectivity index (χ1v) is 7.81. The van der Waals surface area contributed by atoms with E-state index in [1.54, 1.807) is 24.3 Å². The van der Waals surface area contributed by atoms with E-state index in [1.165, 1.54) is 12.1 Å². The monoisotopic (exact) mass is 341 g/mol. The van der Waals surface area contributed by atoms with Gasteiger partial charge in [-0.1, -0.05) is 49.1 Å². The van der Waals surface area contributed by atoms with Crippen molar-refractivity contribution in [1.29, 1.82) is 5.26 Å². The SMILES string of the molecule is C=Cc1ccccc1-c1cc(-c2ccc(C(=O)O)cc2)c(C#N)c(N)n1. The minimum absolute atomic E-state index is 0.126. The van der Waals surface area contributed by atoms with Crippen molar-refractivity contribution < 1.29 is 9.90 Å². The molecule has 0 spiro atoms. The van der Waals surface area contributed by atoms with Gasteiger partial charge in [0.2, 0.25) is 0 Å². The first kappa shape index (κ1) is 16.9. The van der Waals surface area contributed by atoms with Crippen molar-refractivity contribution in [3.05, 3.63) is 77.9 Å². The molecule has 0 aliphatic carbocycles. The van der Waals surface area contributed by atoms with E-state index in [9.17, 15) is 10.1 Å². The molecule has 5 nitrogen and oxygen atoms in total. The van der Waals surface area contributed by atoms with Gasteiger partial charge in [0.1, 0.15) is 17.5 Å². The Morgan fingerprint density at radius 2 is 1.85 bits per heavy atom. The molecule has 0 fully saturated rings. The van der Waals surface area contributed by atoms with E-state index in [4.69, 9.17) is 10.8 Å². The van der Waals surface area contributed by atoms with Crippen LogP contribution in [0.15, 0.2) is 61.2 Å². The van der Waals surface area contributed by atoms with Crippen LogP contribution in [0, 0.1) is 11.3 Å². The van der Waals surface area contributed by atoms with Gasteiger partial charge in [0.25, 0.3) is 0 Å². The number of aromatic carboxylic acids is 1. The number of carbonyl (C=O) groups is 1. The second-order valence-corrected chi connectivity index (χ2v) is 5.60. The average Bonchev–Trinajstić information content (AvgIpc) is 2.67. The van der Waals surface area contributed by atoms with E-state index in [-0.39, 0.29) is 16.9 Å². The Balaban J connectivity index is 2.22. The predicted octanol–water partition coefficient (Wildman–Crippen LogP) is 4.21. The van der Waals surface area contributed by atoms with Crippen LogP contribution in [0.4, 0.5) is 5.82 Å². The van der Waals surface area contributed by atoms with E-state index in [1.807, 2.05) is 24.3 Å². The van der Waals surface area contributed by atoms with Crippen molar-refractivity contribution in [2.24, 2.45) is 0 Å². The van der Waals surface area contributed by atoms with Gasteiger partial charge in [0, 0.05) is 11.1 Å². The molecule has 3 aromatic rings. The van der Waals surface area contributed by atoms with Gasteiger partial charge in [-0.3, -0.25) is 0 Å². The molecule has 0 saturated heterocycles. The molecular weight excluding hydrogens is 326 g/mol. The second kappa shape index (κ2) is 6.91. The molecular formula is C21H15N3O2. The Labute approximate surface area is 150 Å². The third-order valence-electron chi connectivity index (χ3n) is 4.06. The van der Waals surface area contributed by atoms with E-state index in [0.29, 0.717) is 16.8 Å². The average molecular weight is 341 g/mol. The number of nitrogen functional groups attached to an aromatic ring is 1. The smallest absolute Gasteiger partial charge is 0.335 e. The molecule has 0 amide bonds. The fraction of sp³-hybridized carbons (Fsp3) is 0. The number of benzene rings is 2. The zero-order chi connectivity index (χ0) is 18.7. The van der Waals surface area contributed by atoms with Crippen molar-refractivity contribution in [1.82, 2.24) is 4.98 Å². The maximum atomic E-state index is 11.0. The van der Waals surface area contributed by atoms with E-state index < -0.39 is 5.97 Å². The van der Waals surface area contributed by atoms with Crippen molar-refractivity contribution in [2.75, 3.05) is 5.73 Å². The van der Waals surface area contributed by atoms with Crippen LogP contribution in [0.1, 0.15) is 21.5 Å². The molecule has 0 saturated carbocycles. The Morgan fingerprint density at radius 1 is 1.15 bits per heavy atom. The maximum Gasteiger partial charge on any atom is 0.335 e. The summed E-state index contributed by atoms with van der Waals surface area (Å²) in [4.78, 5) is 15.4. The molecule has 126 valence electrons. The van der Waals surface area contributed by atoms with Crippen LogP contribution in [0.2, 0.25) is 0 Å². The fourth-order valence-corrected chi connectivity index (χ4v) is 2.75. The van der Waals surface area contributed by atoms with Gasteiger partial charge < -0.3 is 10.8 Å². The number of rotatable bonds is 4. The first-order chi connectivity index (χ1) is 12.5. The van der Waals surface area contributed by atoms with Gasteiger partial charge >= 0.3 is 5.97 Å². The highest BCUT2D eigenvalue weighted by atomic mass is 16.4. The molecule has 1 heterocycles. The van der Waals surface area contributed by atoms with Crippen molar-refractivity contribution in [2.45, 2.75) is 0 Å². The molecule has 0 bridgehead atoms. The molecule has 5 heteroatoms. The molecule has 0 unspecified atom stereocenters. The van der Waals surface area contributed by atoms with Gasteiger partial charge in [-0.2, -0.15) is 5.26 Å². The number of pyridine rings is 1. The number of nitrogens with zero attached hydrogens (tertiary/aromatic N) is 2. The molecule has 0 aliphatic heterocycles. The lowest BCUT2D eigenvalue weighted by atomic mass is 9.96. The number of hydrogen-bond acceptors (Lipinski definition) is 4. The van der Waals surface area contributed by atoms with Crippen LogP contribution >= 0.6 is 0 Å². The summed E-state index contributed by atoms with van der Waals surface area (Å²) in [6, 6.07) is 17.8. The summed E-state index contributed by atoms with van der Waals surface area (Å²) in [5.41, 5.74) is 10.1. The van der Waals surface area contributed by atoms with Crippen LogP contribution in [-0.4, -0.2) is 16.1 Å². The van der Waals surface area contributed by atoms with E-state index in [0.717, 1.165) is 11.1 Å². The van der Waals surface area contributed by atoms with Crippen LogP contribution in [0.25, 0.3) is 28.5 Å². The minimum Gasteiger partial charge on any atom is -0.478 e. The zero-order valence-corrected chi connectivity index (χ0v) is 13.8. The number of carboxylic acid groups (broad SMARTS) is 1. The van der Waals surface area contributed by atoms with Crippen LogP contribution in [-0.2, 0) is 0 Å². The molecule has 1 aromatic heterocycles. The summed E-state index contributed by atoms with van der Waals surface area (Å²) in [6.07, 6.45) is 1.73. The van der Waals surface area contributed by atoms with Gasteiger partial charge in [-0.15, -0.1) is 0 Å². The molecule has 0 atom stereocenters. The Kier molecular flexibility index (Phi) is 4.50. The Morgan fingerprint density at radius 3 is 2.46 bits per heavy atom. The lowest BCUT2D eigenvalue weighted by molar-refractivity contribution is 0.0697. The first-order valence-electron chi connectivity index (χ1n) is 7.81. The Bertz CT molecular complexity index is 1050. The van der Waals surface area contributed by atoms with Crippen LogP contribution < -0.4 is 5.73 Å². The van der Waals surface area contributed by atoms with Crippen LogP contribution in [0.5, 0.6) is 0 Å². The molecule has 0 radical (unpaired) electrons. The molecule has 26 heavy (non-hydrogen) atoms. The highest BCUT2D eigenvalue weighted by molar-refractivity contribution is 5.89. The quantitative estimate of drug-likeness (QED) is 0.740. The lowest BCUT2D eigenvalue weighted by Crippen LogP contribution is -2.01. The summed E-state index contributed by atoms with van der Waals surface area (Å²) < 4.78 is 0. The zero-order valence-electron chi connectivity index (χ0n) is 13.8. The van der Waals surface area contributed by atoms with Gasteiger partial charge in [0.05, 0.1) is 11.3 Å². The highest BCUT2D eigenvalue weighted by Gasteiger charge is 2.15. The molecule has 2 aromatic carbocycles. The fourth-order valence-electron chi connectivity index (χ4n) is 2.75. The predicted molar refractivity (Wildman–Crippen MR) is 101 cm³/mol. The van der Waals surface area contributed by atoms with Crippen molar-refractivity contribution in [3.63, 3.8) is 0 Å². The molecule has 3 rings (SSSR count). The largest absolute Gasteiger partial charge is 0.478 e. The molecule has 3 N–H and O–H groups in total. The standard InChI is InChI=1S/C21H15N3O2/c1-2-13-5-3-4-6-16(13)19-11-17(18(12-22)20(23)24-19)14-7-9-15(10-8-14)21(25)26/h2-11H,1H2,(H2,23,24)(H,25,26). The summed E-state index contributed by atoms with van der Waals surface area (Å²) in [5.74, 6) is -0.881. The number of nitrogens with two attached hydrogens (primary N) is 1. The van der Waals surface area contributed by atoms with E-state index in [2.05, 4.69) is 17.6 Å². The van der Waals surface area contributed by atoms with Gasteiger partial charge in [0.15, 0.2) is 0 Å². The Hall–Kier alpha value is -3.91. The maximum absolute atomic E-state index is 11.0. The summed E-state index contributed by atoms with van der Waals surface area (Å²) >= 11 is 0.